The number of thiocarbonyl (C=S) groups is 1. The molecule has 3 nitrogen and oxygen atoms in total. The lowest BCUT2D eigenvalue weighted by molar-refractivity contribution is 0.300. The lowest BCUT2D eigenvalue weighted by atomic mass is 9.99. The van der Waals surface area contributed by atoms with E-state index in [0.717, 1.165) is 41.0 Å². The van der Waals surface area contributed by atoms with E-state index in [1.165, 1.54) is 23.3 Å². The van der Waals surface area contributed by atoms with E-state index in [-0.39, 0.29) is 5.82 Å². The molecule has 0 bridgehead atoms. The lowest BCUT2D eigenvalue weighted by Crippen LogP contribution is -2.35. The second-order valence-electron chi connectivity index (χ2n) is 7.80. The van der Waals surface area contributed by atoms with Gasteiger partial charge >= 0.3 is 0 Å². The van der Waals surface area contributed by atoms with Crippen LogP contribution in [0.3, 0.4) is 0 Å². The fourth-order valence-electron chi connectivity index (χ4n) is 4.23. The Morgan fingerprint density at radius 2 is 1.68 bits per heavy atom. The summed E-state index contributed by atoms with van der Waals surface area (Å²) in [7, 11) is 0. The molecule has 0 aliphatic carbocycles. The number of halogens is 1. The van der Waals surface area contributed by atoms with E-state index >= 15 is 0 Å². The summed E-state index contributed by atoms with van der Waals surface area (Å²) >= 11 is 5.96. The molecule has 31 heavy (non-hydrogen) atoms. The van der Waals surface area contributed by atoms with Gasteiger partial charge in [-0.2, -0.15) is 0 Å². The topological polar surface area (TPSA) is 17.4 Å². The smallest absolute Gasteiger partial charge is 0.123 e. The van der Waals surface area contributed by atoms with Crippen molar-refractivity contribution in [3.05, 3.63) is 102 Å². The molecule has 0 radical (unpaired) electrons. The van der Waals surface area contributed by atoms with Gasteiger partial charge in [0.05, 0.1) is 6.54 Å². The van der Waals surface area contributed by atoms with Gasteiger partial charge in [-0.1, -0.05) is 54.7 Å². The average molecular weight is 431 g/mol. The average Bonchev–Trinajstić information content (AvgIpc) is 3.18. The minimum atomic E-state index is -0.262. The van der Waals surface area contributed by atoms with E-state index < -0.39 is 0 Å². The third-order valence-corrected chi connectivity index (χ3v) is 6.33. The van der Waals surface area contributed by atoms with E-state index in [0.29, 0.717) is 18.9 Å². The van der Waals surface area contributed by atoms with Crippen LogP contribution in [0.1, 0.15) is 16.7 Å². The first kappa shape index (κ1) is 19.8. The van der Waals surface area contributed by atoms with Crippen molar-refractivity contribution in [1.29, 1.82) is 0 Å². The van der Waals surface area contributed by atoms with Gasteiger partial charge < -0.3 is 14.2 Å². The molecule has 0 unspecified atom stereocenters. The predicted octanol–water partition coefficient (Wildman–Crippen LogP) is 5.59. The number of rotatable bonds is 5. The number of para-hydroxylation sites is 1. The van der Waals surface area contributed by atoms with Crippen LogP contribution in [0.25, 0.3) is 10.9 Å². The predicted molar refractivity (Wildman–Crippen MR) is 126 cm³/mol. The van der Waals surface area contributed by atoms with Gasteiger partial charge in [0.2, 0.25) is 0 Å². The summed E-state index contributed by atoms with van der Waals surface area (Å²) in [4.78, 5) is 3.20. The minimum Gasteiger partial charge on any atom is -0.492 e. The van der Waals surface area contributed by atoms with Crippen LogP contribution >= 0.6 is 12.2 Å². The zero-order valence-electron chi connectivity index (χ0n) is 17.1. The summed E-state index contributed by atoms with van der Waals surface area (Å²) in [6, 6.07) is 23.1. The molecule has 5 rings (SSSR count). The highest BCUT2D eigenvalue weighted by molar-refractivity contribution is 7.80. The number of fused-ring (bicyclic) bond motifs is 2. The third kappa shape index (κ3) is 4.06. The van der Waals surface area contributed by atoms with Crippen molar-refractivity contribution in [2.75, 3.05) is 13.2 Å². The van der Waals surface area contributed by atoms with Gasteiger partial charge in [-0.25, -0.2) is 4.39 Å². The molecular weight excluding hydrogens is 407 g/mol. The van der Waals surface area contributed by atoms with Crippen LogP contribution in [0.4, 0.5) is 4.39 Å². The van der Waals surface area contributed by atoms with E-state index in [1.54, 1.807) is 12.1 Å². The van der Waals surface area contributed by atoms with Crippen molar-refractivity contribution in [1.82, 2.24) is 9.47 Å². The number of hydrogen-bond donors (Lipinski definition) is 0. The molecule has 156 valence electrons. The highest BCUT2D eigenvalue weighted by Crippen LogP contribution is 2.26. The Kier molecular flexibility index (Phi) is 5.43. The Hall–Kier alpha value is -3.18. The largest absolute Gasteiger partial charge is 0.492 e. The summed E-state index contributed by atoms with van der Waals surface area (Å²) in [5.74, 6) is 0.405. The van der Waals surface area contributed by atoms with Crippen LogP contribution in [0.15, 0.2) is 79.0 Å². The van der Waals surface area contributed by atoms with Crippen LogP contribution in [0.5, 0.6) is 5.75 Å². The number of hydrogen-bond acceptors (Lipinski definition) is 2. The third-order valence-electron chi connectivity index (χ3n) is 5.85. The van der Waals surface area contributed by atoms with Gasteiger partial charge in [-0.05, 0) is 47.9 Å². The zero-order chi connectivity index (χ0) is 21.2. The molecule has 1 aliphatic heterocycles. The van der Waals surface area contributed by atoms with Gasteiger partial charge in [0, 0.05) is 35.8 Å². The molecule has 1 aromatic heterocycles. The first-order valence-electron chi connectivity index (χ1n) is 10.5. The number of aromatic nitrogens is 1. The SMILES string of the molecule is Fc1ccc(OCCn2cc(C(=S)N3CCc4ccccc4C3)c3ccccc32)cc1. The van der Waals surface area contributed by atoms with Crippen molar-refractivity contribution in [2.24, 2.45) is 0 Å². The summed E-state index contributed by atoms with van der Waals surface area (Å²) < 4.78 is 21.1. The van der Waals surface area contributed by atoms with Crippen molar-refractivity contribution < 1.29 is 9.13 Å². The standard InChI is InChI=1S/C26H23FN2OS/c27-21-9-11-22(12-10-21)30-16-15-28-18-24(23-7-3-4-8-25(23)28)26(31)29-14-13-19-5-1-2-6-20(19)17-29/h1-12,18H,13-17H2. The van der Waals surface area contributed by atoms with Gasteiger partial charge in [0.25, 0.3) is 0 Å². The Morgan fingerprint density at radius 3 is 2.52 bits per heavy atom. The summed E-state index contributed by atoms with van der Waals surface area (Å²) in [5.41, 5.74) is 5.00. The fourth-order valence-corrected chi connectivity index (χ4v) is 4.55. The Labute approximate surface area is 186 Å². The molecule has 0 fully saturated rings. The van der Waals surface area contributed by atoms with Crippen molar-refractivity contribution in [3.63, 3.8) is 0 Å². The molecule has 0 N–H and O–H groups in total. The maximum atomic E-state index is 13.1. The van der Waals surface area contributed by atoms with Crippen molar-refractivity contribution in [3.8, 4) is 5.75 Å². The first-order valence-corrected chi connectivity index (χ1v) is 10.9. The molecule has 0 saturated heterocycles. The van der Waals surface area contributed by atoms with Gasteiger partial charge in [-0.15, -0.1) is 0 Å². The zero-order valence-corrected chi connectivity index (χ0v) is 17.9. The maximum absolute atomic E-state index is 13.1. The van der Waals surface area contributed by atoms with E-state index in [1.807, 2.05) is 6.07 Å². The van der Waals surface area contributed by atoms with Crippen molar-refractivity contribution in [2.45, 2.75) is 19.5 Å². The number of ether oxygens (including phenoxy) is 1. The molecule has 0 amide bonds. The Bertz CT molecular complexity index is 1230. The van der Waals surface area contributed by atoms with Gasteiger partial charge in [-0.3, -0.25) is 0 Å². The van der Waals surface area contributed by atoms with Gasteiger partial charge in [0.1, 0.15) is 23.2 Å². The summed E-state index contributed by atoms with van der Waals surface area (Å²) in [5, 5.41) is 1.16. The molecule has 1 aliphatic rings. The molecular formula is C26H23FN2OS. The van der Waals surface area contributed by atoms with Crippen LogP contribution in [-0.4, -0.2) is 27.6 Å². The van der Waals surface area contributed by atoms with Gasteiger partial charge in [0.15, 0.2) is 0 Å². The quantitative estimate of drug-likeness (QED) is 0.384. The Morgan fingerprint density at radius 1 is 0.935 bits per heavy atom. The molecule has 0 saturated carbocycles. The highest BCUT2D eigenvalue weighted by atomic mass is 32.1. The lowest BCUT2D eigenvalue weighted by Gasteiger charge is -2.30. The molecule has 0 atom stereocenters. The van der Waals surface area contributed by atoms with E-state index in [4.69, 9.17) is 17.0 Å². The van der Waals surface area contributed by atoms with E-state index in [2.05, 4.69) is 58.1 Å². The van der Waals surface area contributed by atoms with Crippen LogP contribution in [-0.2, 0) is 19.5 Å². The minimum absolute atomic E-state index is 0.262. The van der Waals surface area contributed by atoms with Crippen molar-refractivity contribution >= 4 is 28.1 Å². The summed E-state index contributed by atoms with van der Waals surface area (Å²) in [6.07, 6.45) is 3.15. The monoisotopic (exact) mass is 430 g/mol. The fraction of sp³-hybridized carbons (Fsp3) is 0.192. The highest BCUT2D eigenvalue weighted by Gasteiger charge is 2.21. The Balaban J connectivity index is 1.36. The molecule has 5 heteroatoms. The molecule has 4 aromatic rings. The van der Waals surface area contributed by atoms with Crippen LogP contribution in [0.2, 0.25) is 0 Å². The molecule has 0 spiro atoms. The van der Waals surface area contributed by atoms with Crippen LogP contribution < -0.4 is 4.74 Å². The molecule has 2 heterocycles. The molecule has 3 aromatic carbocycles. The first-order chi connectivity index (χ1) is 15.2. The number of benzene rings is 3. The maximum Gasteiger partial charge on any atom is 0.123 e. The second-order valence-corrected chi connectivity index (χ2v) is 8.19. The normalized spacial score (nSPS) is 13.3. The second kappa shape index (κ2) is 8.52. The van der Waals surface area contributed by atoms with E-state index in [9.17, 15) is 4.39 Å². The van der Waals surface area contributed by atoms with Crippen LogP contribution in [0, 0.1) is 5.82 Å². The number of nitrogens with zero attached hydrogens (tertiary/aromatic N) is 2. The summed E-state index contributed by atoms with van der Waals surface area (Å²) in [6.45, 7) is 2.96.